The molecule has 9 heteroatoms. The van der Waals surface area contributed by atoms with E-state index in [0.29, 0.717) is 36.6 Å². The van der Waals surface area contributed by atoms with E-state index >= 15 is 0 Å². The number of nitrogens with zero attached hydrogens (tertiary/aromatic N) is 3. The largest absolute Gasteiger partial charge is 0.339 e. The maximum absolute atomic E-state index is 13.9. The number of halogens is 2. The Kier molecular flexibility index (Phi) is 5.20. The van der Waals surface area contributed by atoms with Gasteiger partial charge in [-0.3, -0.25) is 9.10 Å². The van der Waals surface area contributed by atoms with Crippen LogP contribution in [0.1, 0.15) is 0 Å². The molecule has 0 N–H and O–H groups in total. The van der Waals surface area contributed by atoms with E-state index in [4.69, 9.17) is 0 Å². The van der Waals surface area contributed by atoms with Crippen molar-refractivity contribution >= 4 is 21.6 Å². The van der Waals surface area contributed by atoms with Crippen molar-refractivity contribution in [2.45, 2.75) is 0 Å². The number of carbonyl (C=O) groups excluding carboxylic acids is 1. The molecule has 0 spiro atoms. The Bertz CT molecular complexity index is 689. The number of anilines is 1. The van der Waals surface area contributed by atoms with Gasteiger partial charge < -0.3 is 9.80 Å². The number of piperazine rings is 1. The third-order valence-electron chi connectivity index (χ3n) is 3.71. The molecule has 0 aromatic heterocycles. The van der Waals surface area contributed by atoms with Gasteiger partial charge in [0.15, 0.2) is 0 Å². The molecule has 0 bridgehead atoms. The van der Waals surface area contributed by atoms with Crippen LogP contribution in [-0.2, 0) is 14.8 Å². The molecular weight excluding hydrogens is 328 g/mol. The predicted molar refractivity (Wildman–Crippen MR) is 82.6 cm³/mol. The van der Waals surface area contributed by atoms with Gasteiger partial charge in [0.2, 0.25) is 15.9 Å². The molecule has 1 fully saturated rings. The van der Waals surface area contributed by atoms with Crippen LogP contribution in [0.25, 0.3) is 0 Å². The highest BCUT2D eigenvalue weighted by molar-refractivity contribution is 7.92. The summed E-state index contributed by atoms with van der Waals surface area (Å²) in [4.78, 5) is 15.9. The van der Waals surface area contributed by atoms with Gasteiger partial charge in [0, 0.05) is 32.2 Å². The van der Waals surface area contributed by atoms with Gasteiger partial charge >= 0.3 is 0 Å². The highest BCUT2D eigenvalue weighted by Crippen LogP contribution is 2.22. The number of hydrogen-bond donors (Lipinski definition) is 0. The molecule has 0 saturated carbocycles. The minimum Gasteiger partial charge on any atom is -0.339 e. The summed E-state index contributed by atoms with van der Waals surface area (Å²) in [5, 5.41) is 0. The second-order valence-corrected chi connectivity index (χ2v) is 7.46. The van der Waals surface area contributed by atoms with Gasteiger partial charge in [0.05, 0.1) is 11.9 Å². The number of likely N-dealkylation sites (N-methyl/N-ethyl adjacent to an activating group) is 1. The van der Waals surface area contributed by atoms with E-state index in [0.717, 1.165) is 18.4 Å². The molecule has 1 aromatic rings. The van der Waals surface area contributed by atoms with E-state index in [1.807, 2.05) is 7.05 Å². The summed E-state index contributed by atoms with van der Waals surface area (Å²) in [5.41, 5.74) is -0.337. The lowest BCUT2D eigenvalue weighted by atomic mass is 10.3. The van der Waals surface area contributed by atoms with E-state index < -0.39 is 34.1 Å². The van der Waals surface area contributed by atoms with Crippen molar-refractivity contribution in [3.8, 4) is 0 Å². The van der Waals surface area contributed by atoms with Crippen molar-refractivity contribution in [2.75, 3.05) is 50.3 Å². The van der Waals surface area contributed by atoms with Crippen molar-refractivity contribution in [2.24, 2.45) is 0 Å². The van der Waals surface area contributed by atoms with Gasteiger partial charge in [0.1, 0.15) is 18.2 Å². The van der Waals surface area contributed by atoms with Crippen molar-refractivity contribution in [3.05, 3.63) is 29.8 Å². The lowest BCUT2D eigenvalue weighted by Gasteiger charge is -2.34. The number of amides is 1. The Balaban J connectivity index is 2.21. The first kappa shape index (κ1) is 17.6. The summed E-state index contributed by atoms with van der Waals surface area (Å²) >= 11 is 0. The fraction of sp³-hybridized carbons (Fsp3) is 0.500. The number of sulfonamides is 1. The molecule has 2 rings (SSSR count). The van der Waals surface area contributed by atoms with Crippen LogP contribution in [0.4, 0.5) is 14.5 Å². The SMILES string of the molecule is CN1CCN(C(=O)CN(c2ccc(F)cc2F)S(C)(=O)=O)CC1. The van der Waals surface area contributed by atoms with Crippen molar-refractivity contribution in [1.82, 2.24) is 9.80 Å². The van der Waals surface area contributed by atoms with Crippen LogP contribution in [0.15, 0.2) is 18.2 Å². The minimum atomic E-state index is -3.88. The molecule has 128 valence electrons. The van der Waals surface area contributed by atoms with Gasteiger partial charge in [-0.2, -0.15) is 0 Å². The molecule has 1 aromatic carbocycles. The third-order valence-corrected chi connectivity index (χ3v) is 4.84. The molecule has 0 unspecified atom stereocenters. The molecule has 1 heterocycles. The fourth-order valence-corrected chi connectivity index (χ4v) is 3.19. The van der Waals surface area contributed by atoms with Crippen LogP contribution in [0.5, 0.6) is 0 Å². The van der Waals surface area contributed by atoms with E-state index in [1.54, 1.807) is 4.90 Å². The zero-order valence-corrected chi connectivity index (χ0v) is 13.8. The second kappa shape index (κ2) is 6.79. The maximum Gasteiger partial charge on any atom is 0.243 e. The first-order chi connectivity index (χ1) is 10.7. The van der Waals surface area contributed by atoms with Crippen LogP contribution in [0, 0.1) is 11.6 Å². The van der Waals surface area contributed by atoms with E-state index in [-0.39, 0.29) is 5.69 Å². The highest BCUT2D eigenvalue weighted by Gasteiger charge is 2.27. The van der Waals surface area contributed by atoms with Crippen LogP contribution < -0.4 is 4.31 Å². The normalized spacial score (nSPS) is 16.4. The lowest BCUT2D eigenvalue weighted by molar-refractivity contribution is -0.131. The summed E-state index contributed by atoms with van der Waals surface area (Å²) < 4.78 is 51.4. The summed E-state index contributed by atoms with van der Waals surface area (Å²) in [5.74, 6) is -2.25. The maximum atomic E-state index is 13.9. The summed E-state index contributed by atoms with van der Waals surface area (Å²) in [6.07, 6.45) is 0.882. The number of hydrogen-bond acceptors (Lipinski definition) is 4. The van der Waals surface area contributed by atoms with Crippen LogP contribution in [0.3, 0.4) is 0 Å². The van der Waals surface area contributed by atoms with E-state index in [9.17, 15) is 22.0 Å². The smallest absolute Gasteiger partial charge is 0.243 e. The van der Waals surface area contributed by atoms with Gasteiger partial charge in [0.25, 0.3) is 0 Å². The van der Waals surface area contributed by atoms with Crippen LogP contribution >= 0.6 is 0 Å². The van der Waals surface area contributed by atoms with Crippen LogP contribution in [-0.4, -0.2) is 70.2 Å². The summed E-state index contributed by atoms with van der Waals surface area (Å²) in [7, 11) is -1.96. The average Bonchev–Trinajstić information content (AvgIpc) is 2.45. The minimum absolute atomic E-state index is 0.337. The first-order valence-electron chi connectivity index (χ1n) is 7.07. The monoisotopic (exact) mass is 347 g/mol. The zero-order chi connectivity index (χ0) is 17.2. The van der Waals surface area contributed by atoms with Crippen molar-refractivity contribution in [1.29, 1.82) is 0 Å². The Morgan fingerprint density at radius 1 is 1.22 bits per heavy atom. The highest BCUT2D eigenvalue weighted by atomic mass is 32.2. The van der Waals surface area contributed by atoms with Gasteiger partial charge in [-0.05, 0) is 19.2 Å². The number of carbonyl (C=O) groups is 1. The molecule has 0 aliphatic carbocycles. The van der Waals surface area contributed by atoms with Crippen LogP contribution in [0.2, 0.25) is 0 Å². The predicted octanol–water partition coefficient (Wildman–Crippen LogP) is 0.505. The molecule has 0 radical (unpaired) electrons. The Labute approximate surface area is 134 Å². The zero-order valence-electron chi connectivity index (χ0n) is 13.0. The molecule has 6 nitrogen and oxygen atoms in total. The topological polar surface area (TPSA) is 60.9 Å². The van der Waals surface area contributed by atoms with E-state index in [2.05, 4.69) is 4.90 Å². The quantitative estimate of drug-likeness (QED) is 0.796. The number of benzene rings is 1. The number of rotatable bonds is 4. The Morgan fingerprint density at radius 3 is 2.35 bits per heavy atom. The van der Waals surface area contributed by atoms with Gasteiger partial charge in [-0.15, -0.1) is 0 Å². The van der Waals surface area contributed by atoms with E-state index in [1.165, 1.54) is 0 Å². The Morgan fingerprint density at radius 2 is 1.83 bits per heavy atom. The fourth-order valence-electron chi connectivity index (χ4n) is 2.34. The molecule has 1 amide bonds. The van der Waals surface area contributed by atoms with Gasteiger partial charge in [-0.1, -0.05) is 0 Å². The molecule has 23 heavy (non-hydrogen) atoms. The molecule has 0 atom stereocenters. The molecule has 1 aliphatic heterocycles. The first-order valence-corrected chi connectivity index (χ1v) is 8.92. The second-order valence-electron chi connectivity index (χ2n) is 5.55. The van der Waals surface area contributed by atoms with Crippen molar-refractivity contribution in [3.63, 3.8) is 0 Å². The molecule has 1 saturated heterocycles. The molecular formula is C14H19F2N3O3S. The lowest BCUT2D eigenvalue weighted by Crippen LogP contribution is -2.50. The van der Waals surface area contributed by atoms with Crippen molar-refractivity contribution < 1.29 is 22.0 Å². The third kappa shape index (κ3) is 4.38. The Hall–Kier alpha value is -1.74. The molecule has 1 aliphatic rings. The summed E-state index contributed by atoms with van der Waals surface area (Å²) in [6.45, 7) is 1.84. The average molecular weight is 347 g/mol. The summed E-state index contributed by atoms with van der Waals surface area (Å²) in [6, 6.07) is 2.56. The van der Waals surface area contributed by atoms with Gasteiger partial charge in [-0.25, -0.2) is 17.2 Å². The standard InChI is InChI=1S/C14H19F2N3O3S/c1-17-5-7-18(8-6-17)14(20)10-19(23(2,21)22)13-4-3-11(15)9-12(13)16/h3-4,9H,5-8,10H2,1-2H3.